The van der Waals surface area contributed by atoms with Gasteiger partial charge in [0.15, 0.2) is 5.65 Å². The number of alkyl halides is 3. The minimum absolute atomic E-state index is 0.181. The molecule has 0 saturated carbocycles. The van der Waals surface area contributed by atoms with E-state index in [9.17, 15) is 18.0 Å². The highest BCUT2D eigenvalue weighted by atomic mass is 19.4. The van der Waals surface area contributed by atoms with Gasteiger partial charge in [-0.15, -0.1) is 10.2 Å². The molecule has 3 rings (SSSR count). The second-order valence-corrected chi connectivity index (χ2v) is 4.40. The Kier molecular flexibility index (Phi) is 3.05. The van der Waals surface area contributed by atoms with Crippen LogP contribution in [0.4, 0.5) is 13.2 Å². The van der Waals surface area contributed by atoms with Gasteiger partial charge in [0.2, 0.25) is 0 Å². The van der Waals surface area contributed by atoms with Crippen molar-refractivity contribution in [1.82, 2.24) is 19.8 Å². The second kappa shape index (κ2) is 4.79. The number of rotatable bonds is 2. The number of hydrogen-bond acceptors (Lipinski definition) is 4. The molecule has 0 aliphatic rings. The van der Waals surface area contributed by atoms with E-state index in [-0.39, 0.29) is 16.9 Å². The number of carboxylic acid groups (broad SMARTS) is 1. The number of halogens is 3. The summed E-state index contributed by atoms with van der Waals surface area (Å²) in [6.07, 6.45) is -4.47. The molecule has 0 aliphatic heterocycles. The first-order valence-corrected chi connectivity index (χ1v) is 5.99. The van der Waals surface area contributed by atoms with E-state index in [0.717, 1.165) is 16.6 Å². The number of benzene rings is 1. The van der Waals surface area contributed by atoms with Crippen molar-refractivity contribution in [2.75, 3.05) is 0 Å². The highest BCUT2D eigenvalue weighted by Crippen LogP contribution is 2.31. The maximum atomic E-state index is 12.7. The van der Waals surface area contributed by atoms with Crippen LogP contribution in [0.3, 0.4) is 0 Å². The van der Waals surface area contributed by atoms with Crippen LogP contribution in [0.1, 0.15) is 16.2 Å². The molecule has 6 nitrogen and oxygen atoms in total. The Balaban J connectivity index is 2.14. The molecule has 1 aromatic carbocycles. The smallest absolute Gasteiger partial charge is 0.416 e. The van der Waals surface area contributed by atoms with Crippen LogP contribution in [-0.2, 0) is 6.18 Å². The highest BCUT2D eigenvalue weighted by Gasteiger charge is 2.30. The van der Waals surface area contributed by atoms with Crippen LogP contribution < -0.4 is 0 Å². The van der Waals surface area contributed by atoms with E-state index in [2.05, 4.69) is 15.3 Å². The maximum Gasteiger partial charge on any atom is 0.416 e. The van der Waals surface area contributed by atoms with Crippen molar-refractivity contribution in [3.8, 4) is 11.3 Å². The van der Waals surface area contributed by atoms with Crippen molar-refractivity contribution >= 4 is 11.6 Å². The normalized spacial score (nSPS) is 11.8. The fraction of sp³-hybridized carbons (Fsp3) is 0.0769. The zero-order chi connectivity index (χ0) is 15.9. The van der Waals surface area contributed by atoms with Gasteiger partial charge in [0.1, 0.15) is 0 Å². The Morgan fingerprint density at radius 1 is 1.14 bits per heavy atom. The predicted octanol–water partition coefficient (Wildman–Crippen LogP) is 2.51. The molecule has 9 heteroatoms. The van der Waals surface area contributed by atoms with Crippen molar-refractivity contribution in [2.45, 2.75) is 6.18 Å². The number of aromatic nitrogens is 4. The van der Waals surface area contributed by atoms with Gasteiger partial charge in [0.05, 0.1) is 11.3 Å². The van der Waals surface area contributed by atoms with Crippen LogP contribution in [0.2, 0.25) is 0 Å². The lowest BCUT2D eigenvalue weighted by atomic mass is 10.1. The summed E-state index contributed by atoms with van der Waals surface area (Å²) in [4.78, 5) is 11.0. The number of carbonyl (C=O) groups is 1. The standard InChI is InChI=1S/C13H7F3N4O2/c14-13(15,16)8-3-1-2-7(6-8)9-4-5-10-17-18-11(12(21)22)20(10)19-9/h1-6H,(H,21,22). The maximum absolute atomic E-state index is 12.7. The molecule has 0 radical (unpaired) electrons. The summed E-state index contributed by atoms with van der Waals surface area (Å²) in [6, 6.07) is 7.48. The Hall–Kier alpha value is -2.97. The first-order chi connectivity index (χ1) is 10.4. The Bertz CT molecular complexity index is 873. The molecule has 0 aliphatic carbocycles. The molecule has 2 heterocycles. The van der Waals surface area contributed by atoms with E-state index in [1.807, 2.05) is 0 Å². The first kappa shape index (κ1) is 14.0. The number of carboxylic acids is 1. The molecule has 1 N–H and O–H groups in total. The fourth-order valence-electron chi connectivity index (χ4n) is 1.93. The van der Waals surface area contributed by atoms with Gasteiger partial charge in [-0.1, -0.05) is 12.1 Å². The molecule has 2 aromatic heterocycles. The van der Waals surface area contributed by atoms with Crippen LogP contribution in [0.5, 0.6) is 0 Å². The van der Waals surface area contributed by atoms with Crippen LogP contribution >= 0.6 is 0 Å². The van der Waals surface area contributed by atoms with E-state index < -0.39 is 23.5 Å². The van der Waals surface area contributed by atoms with Crippen molar-refractivity contribution in [2.24, 2.45) is 0 Å². The van der Waals surface area contributed by atoms with Crippen LogP contribution in [-0.4, -0.2) is 30.9 Å². The van der Waals surface area contributed by atoms with E-state index in [1.54, 1.807) is 0 Å². The van der Waals surface area contributed by atoms with Crippen molar-refractivity contribution < 1.29 is 23.1 Å². The molecular formula is C13H7F3N4O2. The third kappa shape index (κ3) is 2.36. The molecule has 0 saturated heterocycles. The SMILES string of the molecule is O=C(O)c1nnc2ccc(-c3cccc(C(F)(F)F)c3)nn12. The van der Waals surface area contributed by atoms with Gasteiger partial charge in [0.25, 0.3) is 5.82 Å². The quantitative estimate of drug-likeness (QED) is 0.786. The summed E-state index contributed by atoms with van der Waals surface area (Å²) >= 11 is 0. The number of nitrogens with zero attached hydrogens (tertiary/aromatic N) is 4. The van der Waals surface area contributed by atoms with E-state index in [4.69, 9.17) is 5.11 Å². The summed E-state index contributed by atoms with van der Waals surface area (Å²) in [5.41, 5.74) is -0.232. The Morgan fingerprint density at radius 2 is 1.91 bits per heavy atom. The van der Waals surface area contributed by atoms with Gasteiger partial charge in [-0.05, 0) is 24.3 Å². The first-order valence-electron chi connectivity index (χ1n) is 5.99. The van der Waals surface area contributed by atoms with Crippen LogP contribution in [0.15, 0.2) is 36.4 Å². The lowest BCUT2D eigenvalue weighted by molar-refractivity contribution is -0.137. The van der Waals surface area contributed by atoms with E-state index in [0.29, 0.717) is 0 Å². The van der Waals surface area contributed by atoms with Gasteiger partial charge >= 0.3 is 12.1 Å². The average Bonchev–Trinajstić information content (AvgIpc) is 2.89. The lowest BCUT2D eigenvalue weighted by Crippen LogP contribution is -2.07. The molecule has 0 spiro atoms. The predicted molar refractivity (Wildman–Crippen MR) is 68.2 cm³/mol. The summed E-state index contributed by atoms with van der Waals surface area (Å²) in [7, 11) is 0. The lowest BCUT2D eigenvalue weighted by Gasteiger charge is -2.08. The monoisotopic (exact) mass is 308 g/mol. The van der Waals surface area contributed by atoms with Crippen LogP contribution in [0.25, 0.3) is 16.9 Å². The minimum Gasteiger partial charge on any atom is -0.475 e. The molecule has 0 unspecified atom stereocenters. The minimum atomic E-state index is -4.47. The highest BCUT2D eigenvalue weighted by molar-refractivity contribution is 5.84. The Labute approximate surface area is 120 Å². The van der Waals surface area contributed by atoms with Gasteiger partial charge in [-0.3, -0.25) is 0 Å². The second-order valence-electron chi connectivity index (χ2n) is 4.40. The third-order valence-corrected chi connectivity index (χ3v) is 2.94. The molecular weight excluding hydrogens is 301 g/mol. The molecule has 22 heavy (non-hydrogen) atoms. The third-order valence-electron chi connectivity index (χ3n) is 2.94. The van der Waals surface area contributed by atoms with Crippen molar-refractivity contribution in [1.29, 1.82) is 0 Å². The van der Waals surface area contributed by atoms with Crippen molar-refractivity contribution in [3.05, 3.63) is 47.8 Å². The van der Waals surface area contributed by atoms with Gasteiger partial charge in [-0.2, -0.15) is 22.8 Å². The van der Waals surface area contributed by atoms with Crippen LogP contribution in [0, 0.1) is 0 Å². The fourth-order valence-corrected chi connectivity index (χ4v) is 1.93. The largest absolute Gasteiger partial charge is 0.475 e. The zero-order valence-corrected chi connectivity index (χ0v) is 10.7. The van der Waals surface area contributed by atoms with Gasteiger partial charge in [-0.25, -0.2) is 4.79 Å². The topological polar surface area (TPSA) is 80.4 Å². The molecule has 3 aromatic rings. The summed E-state index contributed by atoms with van der Waals surface area (Å²) in [5, 5.41) is 20.0. The number of fused-ring (bicyclic) bond motifs is 1. The van der Waals surface area contributed by atoms with E-state index >= 15 is 0 Å². The summed E-state index contributed by atoms with van der Waals surface area (Å²) in [5.74, 6) is -1.75. The summed E-state index contributed by atoms with van der Waals surface area (Å²) < 4.78 is 39.2. The van der Waals surface area contributed by atoms with Crippen molar-refractivity contribution in [3.63, 3.8) is 0 Å². The molecule has 112 valence electrons. The number of hydrogen-bond donors (Lipinski definition) is 1. The average molecular weight is 308 g/mol. The molecule has 0 bridgehead atoms. The van der Waals surface area contributed by atoms with E-state index in [1.165, 1.54) is 24.3 Å². The Morgan fingerprint density at radius 3 is 2.59 bits per heavy atom. The number of aromatic carboxylic acids is 1. The zero-order valence-electron chi connectivity index (χ0n) is 10.7. The molecule has 0 amide bonds. The summed E-state index contributed by atoms with van der Waals surface area (Å²) in [6.45, 7) is 0. The van der Waals surface area contributed by atoms with Gasteiger partial charge < -0.3 is 5.11 Å². The van der Waals surface area contributed by atoms with Gasteiger partial charge in [0, 0.05) is 5.56 Å². The molecule has 0 fully saturated rings. The molecule has 0 atom stereocenters.